The third-order valence-electron chi connectivity index (χ3n) is 7.68. The van der Waals surface area contributed by atoms with Crippen molar-refractivity contribution in [1.29, 1.82) is 0 Å². The number of carboxylic acid groups (broad SMARTS) is 1. The van der Waals surface area contributed by atoms with Crippen LogP contribution < -0.4 is 21.7 Å². The molecule has 0 radical (unpaired) electrons. The zero-order valence-electron chi connectivity index (χ0n) is 21.9. The van der Waals surface area contributed by atoms with Gasteiger partial charge in [0.1, 0.15) is 23.4 Å². The third-order valence-corrected chi connectivity index (χ3v) is 7.98. The monoisotopic (exact) mass is 551 g/mol. The van der Waals surface area contributed by atoms with Crippen LogP contribution in [0.4, 0.5) is 9.18 Å². The van der Waals surface area contributed by atoms with Gasteiger partial charge in [0.05, 0.1) is 10.5 Å². The Morgan fingerprint density at radius 1 is 1.13 bits per heavy atom. The summed E-state index contributed by atoms with van der Waals surface area (Å²) >= 11 is 6.26. The maximum atomic E-state index is 14.3. The Hall–Kier alpha value is -3.34. The number of aryl methyl sites for hydroxylation is 1. The van der Waals surface area contributed by atoms with E-state index in [-0.39, 0.29) is 29.7 Å². The molecule has 1 aliphatic carbocycles. The van der Waals surface area contributed by atoms with Crippen LogP contribution in [0.15, 0.2) is 12.1 Å². The second kappa shape index (κ2) is 11.6. The number of aromatic nitrogens is 1. The minimum atomic E-state index is -1.56. The molecule has 5 atom stereocenters. The maximum Gasteiger partial charge on any atom is 0.405 e. The number of amides is 4. The number of carbonyl (C=O) groups excluding carboxylic acids is 3. The lowest BCUT2D eigenvalue weighted by atomic mass is 9.78. The summed E-state index contributed by atoms with van der Waals surface area (Å²) in [6.07, 6.45) is 0.0985. The van der Waals surface area contributed by atoms with Gasteiger partial charge in [-0.15, -0.1) is 0 Å². The van der Waals surface area contributed by atoms with Gasteiger partial charge in [0.15, 0.2) is 0 Å². The van der Waals surface area contributed by atoms with Crippen molar-refractivity contribution in [3.05, 3.63) is 34.2 Å². The first-order valence-corrected chi connectivity index (χ1v) is 13.1. The molecule has 0 fully saturated rings. The minimum Gasteiger partial charge on any atom is -0.465 e. The molecule has 3 rings (SSSR count). The highest BCUT2D eigenvalue weighted by molar-refractivity contribution is 6.35. The van der Waals surface area contributed by atoms with Crippen LogP contribution in [0.2, 0.25) is 5.02 Å². The Bertz CT molecular complexity index is 1250. The van der Waals surface area contributed by atoms with E-state index in [9.17, 15) is 28.7 Å². The fourth-order valence-electron chi connectivity index (χ4n) is 4.99. The van der Waals surface area contributed by atoms with Gasteiger partial charge in [-0.1, -0.05) is 52.1 Å². The zero-order valence-corrected chi connectivity index (χ0v) is 22.7. The maximum absolute atomic E-state index is 14.3. The van der Waals surface area contributed by atoms with Gasteiger partial charge in [0.25, 0.3) is 0 Å². The summed E-state index contributed by atoms with van der Waals surface area (Å²) in [5.74, 6) is -3.21. The molecule has 2 aromatic rings. The van der Waals surface area contributed by atoms with E-state index in [2.05, 4.69) is 20.9 Å². The quantitative estimate of drug-likeness (QED) is 0.266. The second-order valence-electron chi connectivity index (χ2n) is 10.2. The molecule has 12 heteroatoms. The summed E-state index contributed by atoms with van der Waals surface area (Å²) in [6.45, 7) is 7.18. The lowest BCUT2D eigenvalue weighted by Gasteiger charge is -2.39. The number of rotatable bonds is 10. The molecule has 0 bridgehead atoms. The van der Waals surface area contributed by atoms with Gasteiger partial charge >= 0.3 is 6.09 Å². The Labute approximate surface area is 225 Å². The molecule has 1 aromatic heterocycles. The number of nitrogens with one attached hydrogen (secondary N) is 4. The summed E-state index contributed by atoms with van der Waals surface area (Å²) in [7, 11) is 0. The largest absolute Gasteiger partial charge is 0.465 e. The number of nitrogens with two attached hydrogens (primary N) is 1. The van der Waals surface area contributed by atoms with Crippen molar-refractivity contribution < 1.29 is 28.7 Å². The van der Waals surface area contributed by atoms with Crippen molar-refractivity contribution in [3.63, 3.8) is 0 Å². The highest BCUT2D eigenvalue weighted by Crippen LogP contribution is 2.37. The summed E-state index contributed by atoms with van der Waals surface area (Å²) in [5.41, 5.74) is 5.89. The molecule has 1 heterocycles. The van der Waals surface area contributed by atoms with Crippen LogP contribution in [0, 0.1) is 17.7 Å². The van der Waals surface area contributed by atoms with Crippen molar-refractivity contribution >= 4 is 46.3 Å². The van der Waals surface area contributed by atoms with Crippen molar-refractivity contribution in [2.45, 2.75) is 77.4 Å². The Morgan fingerprint density at radius 2 is 1.76 bits per heavy atom. The predicted octanol–water partition coefficient (Wildman–Crippen LogP) is 3.00. The van der Waals surface area contributed by atoms with Gasteiger partial charge < -0.3 is 31.8 Å². The number of benzene rings is 1. The first kappa shape index (κ1) is 29.2. The van der Waals surface area contributed by atoms with Crippen LogP contribution in [0.25, 0.3) is 10.9 Å². The molecule has 1 aromatic carbocycles. The van der Waals surface area contributed by atoms with Gasteiger partial charge in [-0.25, -0.2) is 9.18 Å². The zero-order chi connectivity index (χ0) is 28.4. The molecule has 208 valence electrons. The van der Waals surface area contributed by atoms with E-state index in [0.717, 1.165) is 5.69 Å². The molecule has 10 nitrogen and oxygen atoms in total. The fourth-order valence-corrected chi connectivity index (χ4v) is 5.24. The van der Waals surface area contributed by atoms with E-state index in [4.69, 9.17) is 17.3 Å². The molecule has 0 spiro atoms. The molecule has 0 saturated carbocycles. The normalized spacial score (nSPS) is 20.1. The van der Waals surface area contributed by atoms with Gasteiger partial charge in [-0.05, 0) is 42.4 Å². The van der Waals surface area contributed by atoms with E-state index in [1.165, 1.54) is 12.1 Å². The van der Waals surface area contributed by atoms with Crippen LogP contribution in [-0.2, 0) is 27.2 Å². The number of halogens is 2. The third kappa shape index (κ3) is 5.87. The van der Waals surface area contributed by atoms with Gasteiger partial charge in [-0.3, -0.25) is 14.4 Å². The van der Waals surface area contributed by atoms with Crippen molar-refractivity contribution in [2.75, 3.05) is 0 Å². The van der Waals surface area contributed by atoms with Crippen molar-refractivity contribution in [1.82, 2.24) is 20.9 Å². The van der Waals surface area contributed by atoms with Crippen LogP contribution in [0.1, 0.15) is 58.2 Å². The molecule has 38 heavy (non-hydrogen) atoms. The van der Waals surface area contributed by atoms with Gasteiger partial charge in [0, 0.05) is 17.5 Å². The lowest BCUT2D eigenvalue weighted by Crippen LogP contribution is -2.67. The Kier molecular flexibility index (Phi) is 8.91. The number of hydrogen-bond donors (Lipinski definition) is 6. The second-order valence-corrected chi connectivity index (χ2v) is 10.6. The molecule has 1 aliphatic rings. The molecule has 0 saturated heterocycles. The number of primary amides is 1. The molecule has 0 aliphatic heterocycles. The molecule has 7 N–H and O–H groups in total. The standard InChI is InChI=1S/C26H35ClFN5O5/c1-5-12(3)19(22(29)34)31-24(36)26(33-23(35)20(13(4)6-2)32-25(37)38)8-7-18-16(11-26)15-9-14(28)10-17(27)21(15)30-18/h9-10,12-13,19-20,30,32H,5-8,11H2,1-4H3,(H2,29,34)(H,31,36)(H,33,35)(H,37,38)/t12-,13?,19-,20?,26+/m0/s1. The number of carbonyl (C=O) groups is 4. The lowest BCUT2D eigenvalue weighted by molar-refractivity contribution is -0.137. The smallest absolute Gasteiger partial charge is 0.405 e. The number of hydrogen-bond acceptors (Lipinski definition) is 4. The number of fused-ring (bicyclic) bond motifs is 3. The fraction of sp³-hybridized carbons (Fsp3) is 0.538. The first-order valence-electron chi connectivity index (χ1n) is 12.7. The van der Waals surface area contributed by atoms with E-state index in [1.54, 1.807) is 13.8 Å². The SMILES string of the molecule is CCC(C)C(NC(=O)O)C(=O)N[C@]1(C(=O)N[C@H](C(N)=O)[C@@H](C)CC)CCc2[nH]c3c(Cl)cc(F)cc3c2C1. The van der Waals surface area contributed by atoms with Crippen molar-refractivity contribution in [3.8, 4) is 0 Å². The summed E-state index contributed by atoms with van der Waals surface area (Å²) in [4.78, 5) is 54.2. The van der Waals surface area contributed by atoms with Crippen LogP contribution >= 0.6 is 11.6 Å². The Morgan fingerprint density at radius 3 is 2.34 bits per heavy atom. The molecular formula is C26H35ClFN5O5. The molecule has 2 unspecified atom stereocenters. The van der Waals surface area contributed by atoms with Crippen LogP contribution in [0.3, 0.4) is 0 Å². The molecular weight excluding hydrogens is 517 g/mol. The van der Waals surface area contributed by atoms with E-state index >= 15 is 0 Å². The average Bonchev–Trinajstić information content (AvgIpc) is 3.22. The minimum absolute atomic E-state index is 0.0357. The first-order chi connectivity index (χ1) is 17.8. The van der Waals surface area contributed by atoms with E-state index < -0.39 is 47.3 Å². The van der Waals surface area contributed by atoms with Crippen LogP contribution in [0.5, 0.6) is 0 Å². The average molecular weight is 552 g/mol. The van der Waals surface area contributed by atoms with Gasteiger partial charge in [-0.2, -0.15) is 0 Å². The van der Waals surface area contributed by atoms with Gasteiger partial charge in [0.2, 0.25) is 17.7 Å². The summed E-state index contributed by atoms with van der Waals surface area (Å²) < 4.78 is 14.3. The van der Waals surface area contributed by atoms with Crippen molar-refractivity contribution in [2.24, 2.45) is 17.6 Å². The summed E-state index contributed by atoms with van der Waals surface area (Å²) in [5, 5.41) is 17.8. The van der Waals surface area contributed by atoms with E-state index in [0.29, 0.717) is 35.7 Å². The highest BCUT2D eigenvalue weighted by Gasteiger charge is 2.46. The van der Waals surface area contributed by atoms with Crippen LogP contribution in [-0.4, -0.2) is 51.5 Å². The number of H-pyrrole nitrogens is 1. The summed E-state index contributed by atoms with van der Waals surface area (Å²) in [6, 6.07) is 0.386. The molecule has 4 amide bonds. The number of aromatic amines is 1. The highest BCUT2D eigenvalue weighted by atomic mass is 35.5. The van der Waals surface area contributed by atoms with E-state index in [1.807, 2.05) is 13.8 Å². The predicted molar refractivity (Wildman–Crippen MR) is 141 cm³/mol. The Balaban J connectivity index is 2.08. The topological polar surface area (TPSA) is 166 Å².